The van der Waals surface area contributed by atoms with Crippen LogP contribution in [0.15, 0.2) is 41.8 Å². The summed E-state index contributed by atoms with van der Waals surface area (Å²) < 4.78 is 0. The quantitative estimate of drug-likeness (QED) is 0.359. The van der Waals surface area contributed by atoms with Gasteiger partial charge in [0.05, 0.1) is 4.92 Å². The Balaban J connectivity index is 2.16. The number of hydrogen-bond acceptors (Lipinski definition) is 5. The second kappa shape index (κ2) is 6.71. The molecule has 108 valence electrons. The fraction of sp³-hybridized carbons (Fsp3) is 0.385. The number of halogens is 1. The molecule has 2 N–H and O–H groups in total. The Kier molecular flexibility index (Phi) is 4.97. The van der Waals surface area contributed by atoms with Crippen LogP contribution >= 0.6 is 15.9 Å². The zero-order chi connectivity index (χ0) is 14.5. The molecule has 20 heavy (non-hydrogen) atoms. The lowest BCUT2D eigenvalue weighted by Crippen LogP contribution is -2.38. The Labute approximate surface area is 126 Å². The summed E-state index contributed by atoms with van der Waals surface area (Å²) in [5.41, 5.74) is 4.24. The van der Waals surface area contributed by atoms with Crippen LogP contribution in [0.4, 0.5) is 0 Å². The van der Waals surface area contributed by atoms with Crippen LogP contribution in [-0.2, 0) is 6.54 Å². The SMILES string of the molecule is CCCN1NC(Br)C([N+](=O)[O-])=C1NCc1ccccc1. The highest BCUT2D eigenvalue weighted by Gasteiger charge is 2.38. The molecular formula is C13H17BrN4O2. The zero-order valence-electron chi connectivity index (χ0n) is 11.2. The summed E-state index contributed by atoms with van der Waals surface area (Å²) in [6, 6.07) is 9.81. The Bertz CT molecular complexity index is 506. The molecule has 0 aromatic heterocycles. The molecule has 1 atom stereocenters. The molecule has 7 heteroatoms. The molecule has 0 fully saturated rings. The van der Waals surface area contributed by atoms with Gasteiger partial charge in [0.1, 0.15) is 0 Å². The summed E-state index contributed by atoms with van der Waals surface area (Å²) in [6.45, 7) is 3.29. The van der Waals surface area contributed by atoms with Crippen molar-refractivity contribution in [1.82, 2.24) is 15.8 Å². The van der Waals surface area contributed by atoms with Crippen LogP contribution in [0, 0.1) is 10.1 Å². The maximum Gasteiger partial charge on any atom is 0.316 e. The minimum Gasteiger partial charge on any atom is -0.361 e. The van der Waals surface area contributed by atoms with Gasteiger partial charge in [-0.05, 0) is 12.0 Å². The predicted octanol–water partition coefficient (Wildman–Crippen LogP) is 2.17. The van der Waals surface area contributed by atoms with E-state index in [2.05, 4.69) is 26.7 Å². The standard InChI is InChI=1S/C13H17BrN4O2/c1-2-8-17-13(11(18(19)20)12(14)16-17)15-9-10-6-4-3-5-7-10/h3-7,12,15-16H,2,8-9H2,1H3. The van der Waals surface area contributed by atoms with Crippen molar-refractivity contribution in [2.75, 3.05) is 6.54 Å². The van der Waals surface area contributed by atoms with Crippen LogP contribution in [0.2, 0.25) is 0 Å². The largest absolute Gasteiger partial charge is 0.361 e. The van der Waals surface area contributed by atoms with Crippen molar-refractivity contribution in [3.05, 3.63) is 57.5 Å². The molecule has 2 rings (SSSR count). The lowest BCUT2D eigenvalue weighted by Gasteiger charge is -2.21. The van der Waals surface area contributed by atoms with Crippen LogP contribution in [0.25, 0.3) is 0 Å². The highest BCUT2D eigenvalue weighted by Crippen LogP contribution is 2.23. The molecule has 1 aliphatic rings. The van der Waals surface area contributed by atoms with Gasteiger partial charge in [-0.25, -0.2) is 5.43 Å². The third-order valence-corrected chi connectivity index (χ3v) is 3.61. The Morgan fingerprint density at radius 3 is 2.75 bits per heavy atom. The van der Waals surface area contributed by atoms with Crippen molar-refractivity contribution in [3.63, 3.8) is 0 Å². The number of nitrogens with one attached hydrogen (secondary N) is 2. The second-order valence-corrected chi connectivity index (χ2v) is 5.39. The van der Waals surface area contributed by atoms with Crippen LogP contribution in [0.5, 0.6) is 0 Å². The van der Waals surface area contributed by atoms with Crippen molar-refractivity contribution in [1.29, 1.82) is 0 Å². The lowest BCUT2D eigenvalue weighted by molar-refractivity contribution is -0.427. The number of alkyl halides is 1. The van der Waals surface area contributed by atoms with Gasteiger partial charge in [-0.15, -0.1) is 0 Å². The van der Waals surface area contributed by atoms with Gasteiger partial charge in [-0.3, -0.25) is 15.1 Å². The third kappa shape index (κ3) is 3.29. The van der Waals surface area contributed by atoms with Crippen LogP contribution in [0.3, 0.4) is 0 Å². The first-order valence-corrected chi connectivity index (χ1v) is 7.39. The monoisotopic (exact) mass is 340 g/mol. The summed E-state index contributed by atoms with van der Waals surface area (Å²) >= 11 is 3.29. The molecule has 1 aliphatic heterocycles. The van der Waals surface area contributed by atoms with Crippen LogP contribution < -0.4 is 10.7 Å². The molecule has 0 aliphatic carbocycles. The number of nitrogens with zero attached hydrogens (tertiary/aromatic N) is 2. The van der Waals surface area contributed by atoms with Gasteiger partial charge < -0.3 is 5.32 Å². The number of benzene rings is 1. The van der Waals surface area contributed by atoms with Gasteiger partial charge in [0.2, 0.25) is 0 Å². The topological polar surface area (TPSA) is 70.4 Å². The smallest absolute Gasteiger partial charge is 0.316 e. The highest BCUT2D eigenvalue weighted by atomic mass is 79.9. The van der Waals surface area contributed by atoms with E-state index in [0.29, 0.717) is 18.9 Å². The average Bonchev–Trinajstić information content (AvgIpc) is 2.74. The van der Waals surface area contributed by atoms with E-state index in [-0.39, 0.29) is 10.6 Å². The molecule has 1 unspecified atom stereocenters. The zero-order valence-corrected chi connectivity index (χ0v) is 12.8. The molecule has 0 spiro atoms. The third-order valence-electron chi connectivity index (χ3n) is 2.97. The van der Waals surface area contributed by atoms with E-state index in [1.165, 1.54) is 0 Å². The van der Waals surface area contributed by atoms with Crippen molar-refractivity contribution < 1.29 is 4.92 Å². The minimum atomic E-state index is -0.470. The van der Waals surface area contributed by atoms with Crippen molar-refractivity contribution >= 4 is 15.9 Å². The molecule has 0 saturated heterocycles. The summed E-state index contributed by atoms with van der Waals surface area (Å²) in [4.78, 5) is 10.4. The molecule has 1 aromatic carbocycles. The van der Waals surface area contributed by atoms with Crippen molar-refractivity contribution in [2.24, 2.45) is 0 Å². The van der Waals surface area contributed by atoms with Gasteiger partial charge >= 0.3 is 5.70 Å². The van der Waals surface area contributed by atoms with Gasteiger partial charge in [0.25, 0.3) is 0 Å². The van der Waals surface area contributed by atoms with E-state index in [9.17, 15) is 10.1 Å². The highest BCUT2D eigenvalue weighted by molar-refractivity contribution is 9.09. The van der Waals surface area contributed by atoms with E-state index in [4.69, 9.17) is 0 Å². The van der Waals surface area contributed by atoms with E-state index < -0.39 is 4.95 Å². The van der Waals surface area contributed by atoms with Crippen LogP contribution in [-0.4, -0.2) is 21.4 Å². The van der Waals surface area contributed by atoms with E-state index in [0.717, 1.165) is 12.0 Å². The van der Waals surface area contributed by atoms with Crippen molar-refractivity contribution in [2.45, 2.75) is 24.8 Å². The first kappa shape index (κ1) is 14.8. The minimum absolute atomic E-state index is 0.120. The second-order valence-electron chi connectivity index (χ2n) is 4.47. The summed E-state index contributed by atoms with van der Waals surface area (Å²) in [7, 11) is 0. The van der Waals surface area contributed by atoms with E-state index >= 15 is 0 Å². The maximum atomic E-state index is 11.2. The molecule has 1 heterocycles. The fourth-order valence-electron chi connectivity index (χ4n) is 2.07. The first-order chi connectivity index (χ1) is 9.63. The normalized spacial score (nSPS) is 18.5. The van der Waals surface area contributed by atoms with Gasteiger partial charge in [0, 0.05) is 13.1 Å². The number of hydrazine groups is 1. The molecule has 1 aromatic rings. The summed E-state index contributed by atoms with van der Waals surface area (Å²) in [5.74, 6) is 0.530. The number of hydrogen-bond donors (Lipinski definition) is 2. The number of nitro groups is 1. The molecule has 0 radical (unpaired) electrons. The van der Waals surface area contributed by atoms with E-state index in [1.807, 2.05) is 37.3 Å². The fourth-order valence-corrected chi connectivity index (χ4v) is 2.70. The Morgan fingerprint density at radius 1 is 1.45 bits per heavy atom. The number of rotatable bonds is 6. The molecule has 6 nitrogen and oxygen atoms in total. The Morgan fingerprint density at radius 2 is 2.15 bits per heavy atom. The van der Waals surface area contributed by atoms with Gasteiger partial charge in [-0.2, -0.15) is 0 Å². The molecule has 0 bridgehead atoms. The average molecular weight is 341 g/mol. The maximum absolute atomic E-state index is 11.2. The van der Waals surface area contributed by atoms with Crippen LogP contribution in [0.1, 0.15) is 18.9 Å². The lowest BCUT2D eigenvalue weighted by atomic mass is 10.2. The summed E-state index contributed by atoms with van der Waals surface area (Å²) in [6.07, 6.45) is 0.897. The van der Waals surface area contributed by atoms with Crippen molar-refractivity contribution in [3.8, 4) is 0 Å². The Hall–Kier alpha value is -1.60. The first-order valence-electron chi connectivity index (χ1n) is 6.47. The predicted molar refractivity (Wildman–Crippen MR) is 80.1 cm³/mol. The molecule has 0 amide bonds. The molecular weight excluding hydrogens is 324 g/mol. The summed E-state index contributed by atoms with van der Waals surface area (Å²) in [5, 5.41) is 16.2. The van der Waals surface area contributed by atoms with Gasteiger partial charge in [-0.1, -0.05) is 53.2 Å². The molecule has 0 saturated carbocycles. The van der Waals surface area contributed by atoms with Gasteiger partial charge in [0.15, 0.2) is 10.8 Å². The van der Waals surface area contributed by atoms with E-state index in [1.54, 1.807) is 5.01 Å².